The third-order valence-electron chi connectivity index (χ3n) is 2.68. The highest BCUT2D eigenvalue weighted by molar-refractivity contribution is 8.15. The molecule has 1 N–H and O–H groups in total. The van der Waals surface area contributed by atoms with Gasteiger partial charge >= 0.3 is 0 Å². The normalized spacial score (nSPS) is 21.9. The average Bonchev–Trinajstić information content (AvgIpc) is 2.84. The van der Waals surface area contributed by atoms with Crippen molar-refractivity contribution in [3.05, 3.63) is 23.2 Å². The van der Waals surface area contributed by atoms with Crippen LogP contribution in [0.2, 0.25) is 0 Å². The number of allylic oxidation sites excluding steroid dienone is 2. The molecule has 1 saturated heterocycles. The van der Waals surface area contributed by atoms with Gasteiger partial charge in [-0.1, -0.05) is 17.8 Å². The molecular formula is C12H15N3O3S. The number of methoxy groups -OCH3 is 2. The second-order valence-corrected chi connectivity index (χ2v) is 4.87. The quantitative estimate of drug-likeness (QED) is 0.625. The molecule has 102 valence electrons. The minimum atomic E-state index is -0.0369. The van der Waals surface area contributed by atoms with Crippen molar-refractivity contribution in [2.45, 2.75) is 12.8 Å². The van der Waals surface area contributed by atoms with E-state index in [1.165, 1.54) is 11.8 Å². The molecule has 0 aromatic carbocycles. The van der Waals surface area contributed by atoms with Crippen LogP contribution >= 0.6 is 11.8 Å². The topological polar surface area (TPSA) is 72.3 Å². The van der Waals surface area contributed by atoms with Crippen LogP contribution in [-0.4, -0.2) is 37.3 Å². The molecule has 6 nitrogen and oxygen atoms in total. The third kappa shape index (κ3) is 3.60. The van der Waals surface area contributed by atoms with Crippen LogP contribution in [0.4, 0.5) is 0 Å². The first-order valence-corrected chi connectivity index (χ1v) is 6.74. The van der Waals surface area contributed by atoms with Crippen LogP contribution in [0.25, 0.3) is 0 Å². The zero-order valence-corrected chi connectivity index (χ0v) is 11.6. The zero-order valence-electron chi connectivity index (χ0n) is 10.8. The number of hydrogen-bond acceptors (Lipinski definition) is 6. The van der Waals surface area contributed by atoms with Gasteiger partial charge in [-0.3, -0.25) is 4.79 Å². The molecule has 0 aromatic heterocycles. The Morgan fingerprint density at radius 3 is 2.79 bits per heavy atom. The molecule has 0 atom stereocenters. The lowest BCUT2D eigenvalue weighted by Crippen LogP contribution is -2.19. The summed E-state index contributed by atoms with van der Waals surface area (Å²) in [6.45, 7) is 0. The minimum Gasteiger partial charge on any atom is -0.497 e. The van der Waals surface area contributed by atoms with Crippen molar-refractivity contribution >= 4 is 29.1 Å². The molecule has 7 heteroatoms. The predicted molar refractivity (Wildman–Crippen MR) is 74.9 cm³/mol. The summed E-state index contributed by atoms with van der Waals surface area (Å²) in [5.74, 6) is 2.02. The van der Waals surface area contributed by atoms with Crippen molar-refractivity contribution in [3.8, 4) is 0 Å². The van der Waals surface area contributed by atoms with Crippen LogP contribution in [0.5, 0.6) is 0 Å². The Balaban J connectivity index is 1.94. The molecule has 0 saturated carbocycles. The summed E-state index contributed by atoms with van der Waals surface area (Å²) in [6, 6.07) is 0. The first-order valence-electron chi connectivity index (χ1n) is 5.75. The van der Waals surface area contributed by atoms with Gasteiger partial charge in [0.2, 0.25) is 5.91 Å². The maximum atomic E-state index is 11.0. The van der Waals surface area contributed by atoms with Crippen molar-refractivity contribution in [3.63, 3.8) is 0 Å². The van der Waals surface area contributed by atoms with E-state index in [-0.39, 0.29) is 5.91 Å². The van der Waals surface area contributed by atoms with E-state index in [2.05, 4.69) is 15.5 Å². The van der Waals surface area contributed by atoms with Crippen LogP contribution < -0.4 is 5.32 Å². The molecule has 19 heavy (non-hydrogen) atoms. The van der Waals surface area contributed by atoms with E-state index in [0.717, 1.165) is 17.1 Å². The molecule has 0 bridgehead atoms. The van der Waals surface area contributed by atoms with E-state index >= 15 is 0 Å². The summed E-state index contributed by atoms with van der Waals surface area (Å²) in [6.07, 6.45) is 5.01. The fourth-order valence-electron chi connectivity index (χ4n) is 1.71. The Kier molecular flexibility index (Phi) is 4.62. The molecule has 0 unspecified atom stereocenters. The third-order valence-corrected chi connectivity index (χ3v) is 3.54. The van der Waals surface area contributed by atoms with E-state index in [0.29, 0.717) is 23.8 Å². The highest BCUT2D eigenvalue weighted by atomic mass is 32.2. The Labute approximate surface area is 115 Å². The largest absolute Gasteiger partial charge is 0.497 e. The van der Waals surface area contributed by atoms with Crippen molar-refractivity contribution in [2.24, 2.45) is 10.2 Å². The number of rotatable bonds is 4. The Bertz CT molecular complexity index is 494. The first kappa shape index (κ1) is 13.7. The molecule has 1 aliphatic carbocycles. The Hall–Kier alpha value is -1.76. The van der Waals surface area contributed by atoms with Gasteiger partial charge < -0.3 is 14.8 Å². The number of ether oxygens (including phenoxy) is 2. The summed E-state index contributed by atoms with van der Waals surface area (Å²) in [5.41, 5.74) is 1.01. The van der Waals surface area contributed by atoms with Crippen molar-refractivity contribution in [1.82, 2.24) is 5.32 Å². The number of nitrogens with one attached hydrogen (secondary N) is 1. The summed E-state index contributed by atoms with van der Waals surface area (Å²) in [7, 11) is 3.26. The maximum Gasteiger partial charge on any atom is 0.236 e. The number of hydrogen-bond donors (Lipinski definition) is 1. The Morgan fingerprint density at radius 1 is 1.37 bits per heavy atom. The second-order valence-electron chi connectivity index (χ2n) is 3.90. The number of carbonyl (C=O) groups is 1. The molecule has 0 radical (unpaired) electrons. The second kappa shape index (κ2) is 6.42. The standard InChI is InChI=1S/C12H15N3O3S/c1-17-9-4-3-8(5-10(9)18-2)6-13-15-12-14-11(16)7-19-12/h3,6H,4-5,7H2,1-2H3,(H,14,15,16)/b13-6-. The zero-order chi connectivity index (χ0) is 13.7. The summed E-state index contributed by atoms with van der Waals surface area (Å²) in [5, 5.41) is 11.1. The van der Waals surface area contributed by atoms with Gasteiger partial charge in [0, 0.05) is 12.8 Å². The molecular weight excluding hydrogens is 266 g/mol. The van der Waals surface area contributed by atoms with E-state index in [4.69, 9.17) is 9.47 Å². The van der Waals surface area contributed by atoms with Crippen LogP contribution in [0.1, 0.15) is 12.8 Å². The van der Waals surface area contributed by atoms with Crippen LogP contribution in [-0.2, 0) is 14.3 Å². The van der Waals surface area contributed by atoms with E-state index in [1.54, 1.807) is 20.4 Å². The van der Waals surface area contributed by atoms with Gasteiger partial charge in [-0.25, -0.2) is 0 Å². The molecule has 0 spiro atoms. The number of thioether (sulfide) groups is 1. The highest BCUT2D eigenvalue weighted by Gasteiger charge is 2.16. The number of amides is 1. The SMILES string of the molecule is COC1=C(OC)CC(/C=N\N=C2/NC(=O)CS2)=CC1. The van der Waals surface area contributed by atoms with E-state index in [1.807, 2.05) is 6.08 Å². The van der Waals surface area contributed by atoms with Crippen LogP contribution in [0, 0.1) is 0 Å². The number of amidine groups is 1. The number of carbonyl (C=O) groups excluding carboxylic acids is 1. The van der Waals surface area contributed by atoms with Gasteiger partial charge in [0.05, 0.1) is 26.2 Å². The highest BCUT2D eigenvalue weighted by Crippen LogP contribution is 2.24. The fourth-order valence-corrected chi connectivity index (χ4v) is 2.34. The lowest BCUT2D eigenvalue weighted by atomic mass is 10.0. The molecule has 2 aliphatic rings. The van der Waals surface area contributed by atoms with Gasteiger partial charge in [0.25, 0.3) is 0 Å². The summed E-state index contributed by atoms with van der Waals surface area (Å²) >= 11 is 1.35. The van der Waals surface area contributed by atoms with Gasteiger partial charge in [0.1, 0.15) is 11.5 Å². The molecule has 1 fully saturated rings. The Morgan fingerprint density at radius 2 is 2.16 bits per heavy atom. The first-order chi connectivity index (χ1) is 9.22. The van der Waals surface area contributed by atoms with Crippen LogP contribution in [0.15, 0.2) is 33.4 Å². The maximum absolute atomic E-state index is 11.0. The van der Waals surface area contributed by atoms with Crippen molar-refractivity contribution in [2.75, 3.05) is 20.0 Å². The summed E-state index contributed by atoms with van der Waals surface area (Å²) in [4.78, 5) is 11.0. The molecule has 2 rings (SSSR count). The summed E-state index contributed by atoms with van der Waals surface area (Å²) < 4.78 is 10.5. The molecule has 1 amide bonds. The van der Waals surface area contributed by atoms with Crippen LogP contribution in [0.3, 0.4) is 0 Å². The average molecular weight is 281 g/mol. The van der Waals surface area contributed by atoms with Crippen molar-refractivity contribution in [1.29, 1.82) is 0 Å². The molecule has 1 aliphatic heterocycles. The number of nitrogens with zero attached hydrogens (tertiary/aromatic N) is 2. The lowest BCUT2D eigenvalue weighted by molar-refractivity contribution is -0.116. The minimum absolute atomic E-state index is 0.0369. The molecule has 1 heterocycles. The van der Waals surface area contributed by atoms with Gasteiger partial charge in [-0.05, 0) is 5.57 Å². The van der Waals surface area contributed by atoms with E-state index < -0.39 is 0 Å². The van der Waals surface area contributed by atoms with Crippen molar-refractivity contribution < 1.29 is 14.3 Å². The molecule has 0 aromatic rings. The fraction of sp³-hybridized carbons (Fsp3) is 0.417. The predicted octanol–water partition coefficient (Wildman–Crippen LogP) is 1.42. The van der Waals surface area contributed by atoms with Gasteiger partial charge in [0.15, 0.2) is 5.17 Å². The van der Waals surface area contributed by atoms with Gasteiger partial charge in [-0.15, -0.1) is 5.10 Å². The monoisotopic (exact) mass is 281 g/mol. The van der Waals surface area contributed by atoms with E-state index in [9.17, 15) is 4.79 Å². The smallest absolute Gasteiger partial charge is 0.236 e. The van der Waals surface area contributed by atoms with Gasteiger partial charge in [-0.2, -0.15) is 5.10 Å². The lowest BCUT2D eigenvalue weighted by Gasteiger charge is -2.16.